The molecule has 0 aliphatic carbocycles. The van der Waals surface area contributed by atoms with E-state index in [0.717, 1.165) is 0 Å². The fraction of sp³-hybridized carbons (Fsp3) is 0.0714. The number of para-hydroxylation sites is 2. The van der Waals surface area contributed by atoms with Crippen LogP contribution in [0.4, 0.5) is 17.1 Å². The maximum Gasteiger partial charge on any atom is 0.292 e. The molecule has 0 saturated carbocycles. The average molecular weight is 338 g/mol. The van der Waals surface area contributed by atoms with Crippen LogP contribution in [0.15, 0.2) is 42.5 Å². The van der Waals surface area contributed by atoms with Crippen LogP contribution in [0.5, 0.6) is 5.75 Å². The zero-order chi connectivity index (χ0) is 16.1. The summed E-state index contributed by atoms with van der Waals surface area (Å²) >= 11 is 11.1. The minimum atomic E-state index is -0.481. The Bertz CT molecular complexity index is 724. The molecule has 0 bridgehead atoms. The molecule has 114 valence electrons. The molecule has 0 aliphatic heterocycles. The molecule has 0 unspecified atom stereocenters. The van der Waals surface area contributed by atoms with Crippen molar-refractivity contribution in [3.8, 4) is 5.75 Å². The number of thiocarbonyl (C=S) groups is 1. The Hall–Kier alpha value is -2.38. The quantitative estimate of drug-likeness (QED) is 0.497. The third-order valence-electron chi connectivity index (χ3n) is 2.76. The highest BCUT2D eigenvalue weighted by molar-refractivity contribution is 7.80. The molecule has 0 aromatic heterocycles. The SMILES string of the molecule is COc1ccc(Cl)cc1NC(=S)Nc1ccccc1[N+](=O)[O-]. The van der Waals surface area contributed by atoms with Gasteiger partial charge in [0.15, 0.2) is 5.11 Å². The highest BCUT2D eigenvalue weighted by Crippen LogP contribution is 2.28. The maximum absolute atomic E-state index is 11.0. The number of benzene rings is 2. The van der Waals surface area contributed by atoms with Crippen LogP contribution in [0.1, 0.15) is 0 Å². The number of methoxy groups -OCH3 is 1. The van der Waals surface area contributed by atoms with Crippen LogP contribution < -0.4 is 15.4 Å². The van der Waals surface area contributed by atoms with Crippen molar-refractivity contribution in [2.24, 2.45) is 0 Å². The summed E-state index contributed by atoms with van der Waals surface area (Å²) in [6.45, 7) is 0. The molecule has 0 heterocycles. The smallest absolute Gasteiger partial charge is 0.292 e. The molecule has 22 heavy (non-hydrogen) atoms. The molecule has 2 rings (SSSR count). The molecule has 2 N–H and O–H groups in total. The molecule has 0 saturated heterocycles. The summed E-state index contributed by atoms with van der Waals surface area (Å²) < 4.78 is 5.20. The van der Waals surface area contributed by atoms with Gasteiger partial charge in [-0.1, -0.05) is 23.7 Å². The number of nitro benzene ring substituents is 1. The first-order valence-electron chi connectivity index (χ1n) is 6.16. The van der Waals surface area contributed by atoms with E-state index in [2.05, 4.69) is 10.6 Å². The molecule has 2 aromatic rings. The van der Waals surface area contributed by atoms with E-state index in [0.29, 0.717) is 22.1 Å². The number of hydrogen-bond donors (Lipinski definition) is 2. The topological polar surface area (TPSA) is 76.4 Å². The van der Waals surface area contributed by atoms with Crippen molar-refractivity contribution in [1.29, 1.82) is 0 Å². The van der Waals surface area contributed by atoms with E-state index < -0.39 is 4.92 Å². The zero-order valence-electron chi connectivity index (χ0n) is 11.5. The van der Waals surface area contributed by atoms with E-state index in [1.54, 1.807) is 36.4 Å². The molecule has 6 nitrogen and oxygen atoms in total. The fourth-order valence-electron chi connectivity index (χ4n) is 1.79. The molecule has 0 amide bonds. The number of rotatable bonds is 4. The summed E-state index contributed by atoms with van der Waals surface area (Å²) in [6, 6.07) is 11.3. The van der Waals surface area contributed by atoms with Crippen LogP contribution in [0, 0.1) is 10.1 Å². The van der Waals surface area contributed by atoms with Gasteiger partial charge in [-0.25, -0.2) is 0 Å². The van der Waals surface area contributed by atoms with Crippen molar-refractivity contribution in [3.63, 3.8) is 0 Å². The number of halogens is 1. The van der Waals surface area contributed by atoms with E-state index in [9.17, 15) is 10.1 Å². The number of hydrogen-bond acceptors (Lipinski definition) is 4. The summed E-state index contributed by atoms with van der Waals surface area (Å²) in [5.41, 5.74) is 0.793. The second-order valence-corrected chi connectivity index (χ2v) is 5.04. The Balaban J connectivity index is 2.18. The van der Waals surface area contributed by atoms with Crippen LogP contribution in [-0.4, -0.2) is 17.1 Å². The van der Waals surface area contributed by atoms with Gasteiger partial charge < -0.3 is 15.4 Å². The number of ether oxygens (including phenoxy) is 1. The Morgan fingerprint density at radius 2 is 1.91 bits per heavy atom. The molecule has 0 spiro atoms. The van der Waals surface area contributed by atoms with Crippen molar-refractivity contribution < 1.29 is 9.66 Å². The number of nitrogens with zero attached hydrogens (tertiary/aromatic N) is 1. The Labute approximate surface area is 137 Å². The average Bonchev–Trinajstić information content (AvgIpc) is 2.47. The van der Waals surface area contributed by atoms with E-state index in [1.807, 2.05) is 0 Å². The summed E-state index contributed by atoms with van der Waals surface area (Å²) in [6.07, 6.45) is 0. The number of nitrogens with one attached hydrogen (secondary N) is 2. The third kappa shape index (κ3) is 3.84. The van der Waals surface area contributed by atoms with Crippen molar-refractivity contribution in [2.75, 3.05) is 17.7 Å². The Morgan fingerprint density at radius 1 is 1.23 bits per heavy atom. The minimum absolute atomic E-state index is 0.0651. The van der Waals surface area contributed by atoms with Gasteiger partial charge in [-0.05, 0) is 36.5 Å². The first kappa shape index (κ1) is 16.0. The standard InChI is InChI=1S/C14H12ClN3O3S/c1-21-13-7-6-9(15)8-11(13)17-14(22)16-10-4-2-3-5-12(10)18(19)20/h2-8H,1H3,(H2,16,17,22). The normalized spacial score (nSPS) is 9.91. The van der Waals surface area contributed by atoms with Crippen molar-refractivity contribution in [2.45, 2.75) is 0 Å². The molecule has 0 fully saturated rings. The van der Waals surface area contributed by atoms with Gasteiger partial charge in [0.25, 0.3) is 5.69 Å². The molecule has 0 radical (unpaired) electrons. The monoisotopic (exact) mass is 337 g/mol. The van der Waals surface area contributed by atoms with Gasteiger partial charge in [-0.3, -0.25) is 10.1 Å². The number of nitro groups is 1. The van der Waals surface area contributed by atoms with E-state index in [1.165, 1.54) is 13.2 Å². The predicted molar refractivity (Wildman–Crippen MR) is 90.9 cm³/mol. The summed E-state index contributed by atoms with van der Waals surface area (Å²) in [5, 5.41) is 17.4. The van der Waals surface area contributed by atoms with E-state index >= 15 is 0 Å². The maximum atomic E-state index is 11.0. The molecular weight excluding hydrogens is 326 g/mol. The van der Waals surface area contributed by atoms with E-state index in [-0.39, 0.29) is 10.8 Å². The second-order valence-electron chi connectivity index (χ2n) is 4.20. The lowest BCUT2D eigenvalue weighted by Gasteiger charge is -2.13. The van der Waals surface area contributed by atoms with Crippen LogP contribution in [0.2, 0.25) is 5.02 Å². The fourth-order valence-corrected chi connectivity index (χ4v) is 2.18. The van der Waals surface area contributed by atoms with Crippen LogP contribution in [0.3, 0.4) is 0 Å². The first-order valence-corrected chi connectivity index (χ1v) is 6.95. The van der Waals surface area contributed by atoms with Gasteiger partial charge in [0, 0.05) is 11.1 Å². The van der Waals surface area contributed by atoms with Gasteiger partial charge in [0.2, 0.25) is 0 Å². The largest absolute Gasteiger partial charge is 0.495 e. The van der Waals surface area contributed by atoms with Gasteiger partial charge in [0.1, 0.15) is 11.4 Å². The van der Waals surface area contributed by atoms with Crippen LogP contribution >= 0.6 is 23.8 Å². The van der Waals surface area contributed by atoms with Gasteiger partial charge in [-0.15, -0.1) is 0 Å². The van der Waals surface area contributed by atoms with Crippen molar-refractivity contribution in [1.82, 2.24) is 0 Å². The van der Waals surface area contributed by atoms with Gasteiger partial charge >= 0.3 is 0 Å². The van der Waals surface area contributed by atoms with Crippen LogP contribution in [0.25, 0.3) is 0 Å². The summed E-state index contributed by atoms with van der Waals surface area (Å²) in [5.74, 6) is 0.552. The summed E-state index contributed by atoms with van der Waals surface area (Å²) in [4.78, 5) is 10.5. The Morgan fingerprint density at radius 3 is 2.59 bits per heavy atom. The lowest BCUT2D eigenvalue weighted by molar-refractivity contribution is -0.383. The molecule has 0 aliphatic rings. The minimum Gasteiger partial charge on any atom is -0.495 e. The summed E-state index contributed by atoms with van der Waals surface area (Å²) in [7, 11) is 1.52. The van der Waals surface area contributed by atoms with Crippen molar-refractivity contribution >= 4 is 46.0 Å². The van der Waals surface area contributed by atoms with Gasteiger partial charge in [0.05, 0.1) is 17.7 Å². The van der Waals surface area contributed by atoms with Gasteiger partial charge in [-0.2, -0.15) is 0 Å². The van der Waals surface area contributed by atoms with Crippen LogP contribution in [-0.2, 0) is 0 Å². The number of anilines is 2. The third-order valence-corrected chi connectivity index (χ3v) is 3.20. The molecule has 2 aromatic carbocycles. The van der Waals surface area contributed by atoms with E-state index in [4.69, 9.17) is 28.6 Å². The first-order chi connectivity index (χ1) is 10.5. The zero-order valence-corrected chi connectivity index (χ0v) is 13.1. The van der Waals surface area contributed by atoms with Crippen molar-refractivity contribution in [3.05, 3.63) is 57.6 Å². The lowest BCUT2D eigenvalue weighted by atomic mass is 10.2. The predicted octanol–water partition coefficient (Wildman–Crippen LogP) is 4.07. The lowest BCUT2D eigenvalue weighted by Crippen LogP contribution is -2.20. The highest BCUT2D eigenvalue weighted by Gasteiger charge is 2.14. The molecule has 8 heteroatoms. The second kappa shape index (κ2) is 7.06. The highest BCUT2D eigenvalue weighted by atomic mass is 35.5. The molecule has 0 atom stereocenters. The molecular formula is C14H12ClN3O3S. The Kier molecular flexibility index (Phi) is 5.13.